The second kappa shape index (κ2) is 6.64. The van der Waals surface area contributed by atoms with Crippen molar-refractivity contribution in [2.75, 3.05) is 13.6 Å². The van der Waals surface area contributed by atoms with E-state index in [-0.39, 0.29) is 5.38 Å². The van der Waals surface area contributed by atoms with Gasteiger partial charge < -0.3 is 4.90 Å². The number of likely N-dealkylation sites (N-methyl/N-ethyl adjacent to an activating group) is 1. The first-order chi connectivity index (χ1) is 10.2. The molecule has 0 bridgehead atoms. The van der Waals surface area contributed by atoms with Gasteiger partial charge in [0.2, 0.25) is 0 Å². The molecule has 21 heavy (non-hydrogen) atoms. The lowest BCUT2D eigenvalue weighted by molar-refractivity contribution is 0.327. The summed E-state index contributed by atoms with van der Waals surface area (Å²) in [6.07, 6.45) is 3.74. The molecule has 110 valence electrons. The van der Waals surface area contributed by atoms with Crippen molar-refractivity contribution in [2.24, 2.45) is 0 Å². The molecule has 1 aliphatic rings. The molecule has 0 amide bonds. The van der Waals surface area contributed by atoms with Crippen LogP contribution < -0.4 is 0 Å². The van der Waals surface area contributed by atoms with Gasteiger partial charge >= 0.3 is 0 Å². The van der Waals surface area contributed by atoms with Crippen molar-refractivity contribution in [3.05, 3.63) is 70.8 Å². The number of rotatable bonds is 5. The Morgan fingerprint density at radius 1 is 1.05 bits per heavy atom. The maximum absolute atomic E-state index is 6.63. The van der Waals surface area contributed by atoms with E-state index in [4.69, 9.17) is 11.6 Å². The average molecular weight is 300 g/mol. The van der Waals surface area contributed by atoms with Gasteiger partial charge in [0.25, 0.3) is 0 Å². The Kier molecular flexibility index (Phi) is 4.62. The van der Waals surface area contributed by atoms with Gasteiger partial charge in [-0.25, -0.2) is 0 Å². The second-order valence-corrected chi connectivity index (χ2v) is 6.56. The second-order valence-electron chi connectivity index (χ2n) is 6.03. The molecule has 0 heterocycles. The minimum atomic E-state index is 0.0598. The van der Waals surface area contributed by atoms with Crippen LogP contribution in [0.2, 0.25) is 0 Å². The fraction of sp³-hybridized carbons (Fsp3) is 0.368. The van der Waals surface area contributed by atoms with Crippen LogP contribution >= 0.6 is 11.6 Å². The zero-order chi connectivity index (χ0) is 14.7. The first-order valence-electron chi connectivity index (χ1n) is 7.70. The standard InChI is InChI=1S/C19H22ClN/c1-21(13-15-6-3-2-4-7-15)14-19(20)18-11-10-16-8-5-9-17(16)12-18/h2-4,6-7,10-12,19H,5,8-9,13-14H2,1H3. The minimum absolute atomic E-state index is 0.0598. The monoisotopic (exact) mass is 299 g/mol. The Hall–Kier alpha value is -1.31. The first kappa shape index (κ1) is 14.6. The Morgan fingerprint density at radius 2 is 1.81 bits per heavy atom. The van der Waals surface area contributed by atoms with Crippen molar-refractivity contribution in [3.63, 3.8) is 0 Å². The van der Waals surface area contributed by atoms with Crippen LogP contribution in [0.4, 0.5) is 0 Å². The van der Waals surface area contributed by atoms with Crippen molar-refractivity contribution >= 4 is 11.6 Å². The highest BCUT2D eigenvalue weighted by molar-refractivity contribution is 6.21. The molecule has 0 saturated carbocycles. The Morgan fingerprint density at radius 3 is 2.62 bits per heavy atom. The summed E-state index contributed by atoms with van der Waals surface area (Å²) in [4.78, 5) is 2.29. The minimum Gasteiger partial charge on any atom is -0.300 e. The number of fused-ring (bicyclic) bond motifs is 1. The van der Waals surface area contributed by atoms with Crippen molar-refractivity contribution < 1.29 is 0 Å². The van der Waals surface area contributed by atoms with E-state index < -0.39 is 0 Å². The van der Waals surface area contributed by atoms with Crippen LogP contribution in [0.3, 0.4) is 0 Å². The maximum Gasteiger partial charge on any atom is 0.0712 e. The summed E-state index contributed by atoms with van der Waals surface area (Å²) >= 11 is 6.63. The van der Waals surface area contributed by atoms with Crippen molar-refractivity contribution in [2.45, 2.75) is 31.2 Å². The third-order valence-corrected chi connectivity index (χ3v) is 4.64. The molecular weight excluding hydrogens is 278 g/mol. The van der Waals surface area contributed by atoms with Gasteiger partial charge in [-0.15, -0.1) is 11.6 Å². The van der Waals surface area contributed by atoms with Gasteiger partial charge in [0, 0.05) is 13.1 Å². The quantitative estimate of drug-likeness (QED) is 0.730. The Balaban J connectivity index is 1.62. The van der Waals surface area contributed by atoms with Gasteiger partial charge in [0.1, 0.15) is 0 Å². The first-order valence-corrected chi connectivity index (χ1v) is 8.14. The lowest BCUT2D eigenvalue weighted by Gasteiger charge is -2.21. The molecule has 0 aromatic heterocycles. The molecule has 1 aliphatic carbocycles. The molecular formula is C19H22ClN. The molecule has 0 aliphatic heterocycles. The van der Waals surface area contributed by atoms with E-state index in [1.807, 2.05) is 0 Å². The molecule has 1 atom stereocenters. The summed E-state index contributed by atoms with van der Waals surface area (Å²) in [5.41, 5.74) is 5.61. The van der Waals surface area contributed by atoms with Crippen LogP contribution in [0, 0.1) is 0 Å². The zero-order valence-electron chi connectivity index (χ0n) is 12.6. The SMILES string of the molecule is CN(Cc1ccccc1)CC(Cl)c1ccc2c(c1)CCC2. The van der Waals surface area contributed by atoms with Gasteiger partial charge in [-0.3, -0.25) is 0 Å². The molecule has 0 radical (unpaired) electrons. The van der Waals surface area contributed by atoms with Crippen molar-refractivity contribution in [1.82, 2.24) is 4.90 Å². The molecule has 0 N–H and O–H groups in total. The van der Waals surface area contributed by atoms with Crippen LogP contribution in [0.1, 0.15) is 34.1 Å². The number of aryl methyl sites for hydroxylation is 2. The van der Waals surface area contributed by atoms with Crippen LogP contribution in [-0.4, -0.2) is 18.5 Å². The normalized spacial score (nSPS) is 15.2. The van der Waals surface area contributed by atoms with E-state index in [1.54, 1.807) is 0 Å². The Bertz CT molecular complexity index is 594. The van der Waals surface area contributed by atoms with E-state index >= 15 is 0 Å². The summed E-state index contributed by atoms with van der Waals surface area (Å²) in [6, 6.07) is 17.3. The lowest BCUT2D eigenvalue weighted by atomic mass is 10.0. The molecule has 2 aromatic carbocycles. The topological polar surface area (TPSA) is 3.24 Å². The lowest BCUT2D eigenvalue weighted by Crippen LogP contribution is -2.22. The number of halogens is 1. The fourth-order valence-electron chi connectivity index (χ4n) is 3.13. The maximum atomic E-state index is 6.63. The van der Waals surface area contributed by atoms with Gasteiger partial charge in [-0.05, 0) is 48.6 Å². The highest BCUT2D eigenvalue weighted by Crippen LogP contribution is 2.28. The van der Waals surface area contributed by atoms with Gasteiger partial charge in [0.05, 0.1) is 5.38 Å². The number of hydrogen-bond acceptors (Lipinski definition) is 1. The molecule has 2 aromatic rings. The predicted molar refractivity (Wildman–Crippen MR) is 89.8 cm³/mol. The molecule has 2 heteroatoms. The van der Waals surface area contributed by atoms with E-state index in [0.29, 0.717) is 0 Å². The van der Waals surface area contributed by atoms with Crippen LogP contribution in [-0.2, 0) is 19.4 Å². The molecule has 3 rings (SSSR count). The van der Waals surface area contributed by atoms with Crippen LogP contribution in [0.25, 0.3) is 0 Å². The van der Waals surface area contributed by atoms with Gasteiger partial charge in [-0.1, -0.05) is 48.5 Å². The van der Waals surface area contributed by atoms with Gasteiger partial charge in [-0.2, -0.15) is 0 Å². The van der Waals surface area contributed by atoms with Crippen LogP contribution in [0.5, 0.6) is 0 Å². The zero-order valence-corrected chi connectivity index (χ0v) is 13.3. The molecule has 1 unspecified atom stereocenters. The summed E-state index contributed by atoms with van der Waals surface area (Å²) < 4.78 is 0. The van der Waals surface area contributed by atoms with Gasteiger partial charge in [0.15, 0.2) is 0 Å². The highest BCUT2D eigenvalue weighted by atomic mass is 35.5. The third-order valence-electron chi connectivity index (χ3n) is 4.25. The fourth-order valence-corrected chi connectivity index (χ4v) is 3.50. The number of nitrogens with zero attached hydrogens (tertiary/aromatic N) is 1. The summed E-state index contributed by atoms with van der Waals surface area (Å²) in [5.74, 6) is 0. The van der Waals surface area contributed by atoms with E-state index in [0.717, 1.165) is 13.1 Å². The highest BCUT2D eigenvalue weighted by Gasteiger charge is 2.16. The van der Waals surface area contributed by atoms with Crippen molar-refractivity contribution in [1.29, 1.82) is 0 Å². The smallest absolute Gasteiger partial charge is 0.0712 e. The van der Waals surface area contributed by atoms with Crippen molar-refractivity contribution in [3.8, 4) is 0 Å². The molecule has 0 spiro atoms. The Labute approximate surface area is 132 Å². The van der Waals surface area contributed by atoms with E-state index in [1.165, 1.54) is 41.5 Å². The number of benzene rings is 2. The number of hydrogen-bond donors (Lipinski definition) is 0. The average Bonchev–Trinajstić information content (AvgIpc) is 2.95. The molecule has 1 nitrogen and oxygen atoms in total. The summed E-state index contributed by atoms with van der Waals surface area (Å²) in [5, 5.41) is 0.0598. The van der Waals surface area contributed by atoms with Crippen LogP contribution in [0.15, 0.2) is 48.5 Å². The summed E-state index contributed by atoms with van der Waals surface area (Å²) in [6.45, 7) is 1.81. The molecule has 0 saturated heterocycles. The van der Waals surface area contributed by atoms with E-state index in [2.05, 4.69) is 60.5 Å². The molecule has 0 fully saturated rings. The third kappa shape index (κ3) is 3.66. The number of alkyl halides is 1. The van der Waals surface area contributed by atoms with E-state index in [9.17, 15) is 0 Å². The largest absolute Gasteiger partial charge is 0.300 e. The predicted octanol–water partition coefficient (Wildman–Crippen LogP) is 4.59. The summed E-state index contributed by atoms with van der Waals surface area (Å²) in [7, 11) is 2.13.